The van der Waals surface area contributed by atoms with Gasteiger partial charge in [-0.05, 0) is 32.4 Å². The average molecular weight is 396 g/mol. The highest BCUT2D eigenvalue weighted by Gasteiger charge is 2.58. The Hall–Kier alpha value is -0.620. The van der Waals surface area contributed by atoms with Crippen LogP contribution in [0.5, 0.6) is 0 Å². The summed E-state index contributed by atoms with van der Waals surface area (Å²) in [6.45, 7) is 4.58. The summed E-state index contributed by atoms with van der Waals surface area (Å²) in [4.78, 5) is 0.474. The molecule has 0 radical (unpaired) electrons. The van der Waals surface area contributed by atoms with E-state index in [0.717, 1.165) is 0 Å². The standard InChI is InChI=1S/C17H27F2O4PS/c1-4-7-11-15(14-25(21)16-12-9-8-10-13-16)17(18,19)24(20,22-5-2)23-6-3/h8-10,12-13,15H,4-7,11,14H2,1-3H3. The minimum Gasteiger partial charge on any atom is -0.305 e. The third kappa shape index (κ3) is 5.95. The SMILES string of the molecule is CCCCC(CS(=O)c1ccccc1)C(F)(F)P(=O)(OCC)OCC. The molecule has 0 spiro atoms. The second-order valence-corrected chi connectivity index (χ2v) is 9.19. The lowest BCUT2D eigenvalue weighted by atomic mass is 10.0. The molecule has 1 rings (SSSR count). The van der Waals surface area contributed by atoms with Gasteiger partial charge in [0.05, 0.1) is 24.0 Å². The molecule has 25 heavy (non-hydrogen) atoms. The topological polar surface area (TPSA) is 52.6 Å². The number of rotatable bonds is 12. The number of hydrogen-bond acceptors (Lipinski definition) is 4. The highest BCUT2D eigenvalue weighted by molar-refractivity contribution is 7.85. The minimum atomic E-state index is -4.63. The molecule has 0 aliphatic carbocycles. The molecule has 1 aromatic carbocycles. The molecule has 0 fully saturated rings. The zero-order valence-corrected chi connectivity index (χ0v) is 16.7. The van der Waals surface area contributed by atoms with Crippen LogP contribution in [0, 0.1) is 5.92 Å². The van der Waals surface area contributed by atoms with Crippen LogP contribution in [-0.4, -0.2) is 28.8 Å². The van der Waals surface area contributed by atoms with Gasteiger partial charge >= 0.3 is 13.3 Å². The van der Waals surface area contributed by atoms with Gasteiger partial charge in [-0.2, -0.15) is 8.78 Å². The monoisotopic (exact) mass is 396 g/mol. The van der Waals surface area contributed by atoms with Gasteiger partial charge in [0.2, 0.25) is 0 Å². The van der Waals surface area contributed by atoms with E-state index in [1.54, 1.807) is 30.3 Å². The summed E-state index contributed by atoms with van der Waals surface area (Å²) in [5.74, 6) is -1.64. The molecule has 0 aliphatic rings. The molecule has 0 heterocycles. The Balaban J connectivity index is 3.09. The van der Waals surface area contributed by atoms with E-state index in [1.165, 1.54) is 13.8 Å². The fourth-order valence-corrected chi connectivity index (χ4v) is 5.72. The number of alkyl halides is 2. The van der Waals surface area contributed by atoms with Crippen molar-refractivity contribution in [1.82, 2.24) is 0 Å². The van der Waals surface area contributed by atoms with Crippen molar-refractivity contribution in [3.05, 3.63) is 30.3 Å². The van der Waals surface area contributed by atoms with Gasteiger partial charge < -0.3 is 9.05 Å². The lowest BCUT2D eigenvalue weighted by Gasteiger charge is -2.32. The zero-order valence-electron chi connectivity index (χ0n) is 15.0. The molecule has 8 heteroatoms. The Morgan fingerprint density at radius 3 is 2.16 bits per heavy atom. The van der Waals surface area contributed by atoms with Crippen LogP contribution in [0.25, 0.3) is 0 Å². The first-order valence-electron chi connectivity index (χ1n) is 8.52. The highest BCUT2D eigenvalue weighted by atomic mass is 32.2. The fourth-order valence-electron chi connectivity index (χ4n) is 2.43. The zero-order chi connectivity index (χ0) is 18.9. The van der Waals surface area contributed by atoms with E-state index in [1.807, 2.05) is 6.92 Å². The molecule has 2 atom stereocenters. The predicted octanol–water partition coefficient (Wildman–Crippen LogP) is 5.46. The molecule has 0 saturated heterocycles. The maximum Gasteiger partial charge on any atom is 0.399 e. The predicted molar refractivity (Wildman–Crippen MR) is 96.5 cm³/mol. The van der Waals surface area contributed by atoms with Crippen molar-refractivity contribution < 1.29 is 26.6 Å². The fraction of sp³-hybridized carbons (Fsp3) is 0.647. The molecule has 144 valence electrons. The first-order valence-corrected chi connectivity index (χ1v) is 11.4. The summed E-state index contributed by atoms with van der Waals surface area (Å²) in [6.07, 6.45) is 1.33. The van der Waals surface area contributed by atoms with Crippen LogP contribution < -0.4 is 0 Å². The van der Waals surface area contributed by atoms with Crippen LogP contribution in [-0.2, 0) is 24.4 Å². The van der Waals surface area contributed by atoms with Gasteiger partial charge in [0.15, 0.2) is 0 Å². The maximum absolute atomic E-state index is 15.1. The van der Waals surface area contributed by atoms with Gasteiger partial charge in [-0.1, -0.05) is 38.0 Å². The van der Waals surface area contributed by atoms with Gasteiger partial charge in [-0.3, -0.25) is 8.77 Å². The molecular formula is C17H27F2O4PS. The normalized spacial score (nSPS) is 15.1. The summed E-state index contributed by atoms with van der Waals surface area (Å²) in [5.41, 5.74) is -3.70. The molecule has 1 aromatic rings. The van der Waals surface area contributed by atoms with Crippen LogP contribution in [0.3, 0.4) is 0 Å². The number of hydrogen-bond donors (Lipinski definition) is 0. The number of unbranched alkanes of at least 4 members (excludes halogenated alkanes) is 1. The van der Waals surface area contributed by atoms with E-state index in [0.29, 0.717) is 17.7 Å². The van der Waals surface area contributed by atoms with Crippen molar-refractivity contribution in [3.8, 4) is 0 Å². The Morgan fingerprint density at radius 2 is 1.68 bits per heavy atom. The van der Waals surface area contributed by atoms with Gasteiger partial charge in [0, 0.05) is 16.6 Å². The second-order valence-electron chi connectivity index (χ2n) is 5.59. The summed E-state index contributed by atoms with van der Waals surface area (Å²) >= 11 is 0. The Morgan fingerprint density at radius 1 is 1.12 bits per heavy atom. The molecule has 0 amide bonds. The smallest absolute Gasteiger partial charge is 0.305 e. The largest absolute Gasteiger partial charge is 0.399 e. The van der Waals surface area contributed by atoms with Crippen molar-refractivity contribution in [1.29, 1.82) is 0 Å². The van der Waals surface area contributed by atoms with Crippen LogP contribution in [0.4, 0.5) is 8.78 Å². The molecule has 0 aromatic heterocycles. The molecular weight excluding hydrogens is 369 g/mol. The van der Waals surface area contributed by atoms with E-state index >= 15 is 8.78 Å². The van der Waals surface area contributed by atoms with Crippen LogP contribution >= 0.6 is 7.60 Å². The van der Waals surface area contributed by atoms with Gasteiger partial charge in [0.25, 0.3) is 0 Å². The Labute approximate surface area is 151 Å². The van der Waals surface area contributed by atoms with Crippen LogP contribution in [0.1, 0.15) is 40.0 Å². The third-order valence-electron chi connectivity index (χ3n) is 3.72. The number of halogens is 2. The second kappa shape index (κ2) is 10.5. The molecule has 0 N–H and O–H groups in total. The van der Waals surface area contributed by atoms with Gasteiger partial charge in [-0.25, -0.2) is 0 Å². The van der Waals surface area contributed by atoms with E-state index < -0.39 is 30.0 Å². The van der Waals surface area contributed by atoms with Crippen molar-refractivity contribution >= 4 is 18.4 Å². The lowest BCUT2D eigenvalue weighted by Crippen LogP contribution is -2.34. The first kappa shape index (κ1) is 22.4. The van der Waals surface area contributed by atoms with Crippen LogP contribution in [0.2, 0.25) is 0 Å². The van der Waals surface area contributed by atoms with E-state index in [2.05, 4.69) is 0 Å². The molecule has 2 unspecified atom stereocenters. The van der Waals surface area contributed by atoms with Crippen molar-refractivity contribution in [3.63, 3.8) is 0 Å². The summed E-state index contributed by atoms with van der Waals surface area (Å²) in [5, 5.41) is 0. The molecule has 0 bridgehead atoms. The molecule has 0 saturated carbocycles. The van der Waals surface area contributed by atoms with E-state index in [-0.39, 0.29) is 25.4 Å². The lowest BCUT2D eigenvalue weighted by molar-refractivity contribution is -0.00803. The van der Waals surface area contributed by atoms with E-state index in [4.69, 9.17) is 9.05 Å². The van der Waals surface area contributed by atoms with Gasteiger partial charge in [0.1, 0.15) is 0 Å². The summed E-state index contributed by atoms with van der Waals surface area (Å²) in [7, 11) is -6.25. The average Bonchev–Trinajstić information content (AvgIpc) is 2.59. The maximum atomic E-state index is 15.1. The summed E-state index contributed by atoms with van der Waals surface area (Å²) in [6, 6.07) is 8.45. The van der Waals surface area contributed by atoms with Crippen molar-refractivity contribution in [2.45, 2.75) is 50.6 Å². The minimum absolute atomic E-state index is 0.103. The van der Waals surface area contributed by atoms with Gasteiger partial charge in [-0.15, -0.1) is 0 Å². The summed E-state index contributed by atoms with van der Waals surface area (Å²) < 4.78 is 65.0. The first-order chi connectivity index (χ1) is 11.8. The van der Waals surface area contributed by atoms with Crippen LogP contribution in [0.15, 0.2) is 35.2 Å². The van der Waals surface area contributed by atoms with Crippen molar-refractivity contribution in [2.75, 3.05) is 19.0 Å². The Bertz CT molecular complexity index is 573. The van der Waals surface area contributed by atoms with E-state index in [9.17, 15) is 8.77 Å². The Kier molecular flexibility index (Phi) is 9.43. The quantitative estimate of drug-likeness (QED) is 0.440. The highest BCUT2D eigenvalue weighted by Crippen LogP contribution is 2.65. The third-order valence-corrected chi connectivity index (χ3v) is 7.51. The molecule has 0 aliphatic heterocycles. The van der Waals surface area contributed by atoms with Crippen molar-refractivity contribution in [2.24, 2.45) is 5.92 Å². The number of benzene rings is 1. The molecule has 4 nitrogen and oxygen atoms in total.